The standard InChI is InChI=1S/C24H27ClN2O3/c25-18-14-19(16-8-3-1-4-9-16)22(17-10-5-2-6-11-17)20(15-18)26-24(30)27-13-7-12-21(27)23(28)29/h2,5-6,10-11,14-16,21H,1,3-4,7-9,12-13H2,(H,26,30)(H,28,29)/t21-/m1/s1. The molecule has 1 aliphatic carbocycles. The third-order valence-electron chi connectivity index (χ3n) is 6.28. The van der Waals surface area contributed by atoms with Crippen LogP contribution < -0.4 is 5.32 Å². The molecule has 2 aliphatic rings. The van der Waals surface area contributed by atoms with Crippen LogP contribution in [-0.2, 0) is 4.79 Å². The summed E-state index contributed by atoms with van der Waals surface area (Å²) in [6.07, 6.45) is 7.05. The van der Waals surface area contributed by atoms with Crippen molar-refractivity contribution in [3.8, 4) is 11.1 Å². The van der Waals surface area contributed by atoms with E-state index in [0.29, 0.717) is 36.0 Å². The van der Waals surface area contributed by atoms with Crippen LogP contribution in [-0.4, -0.2) is 34.6 Å². The molecule has 158 valence electrons. The largest absolute Gasteiger partial charge is 0.480 e. The molecule has 2 aromatic rings. The molecule has 1 atom stereocenters. The maximum absolute atomic E-state index is 13.0. The van der Waals surface area contributed by atoms with Gasteiger partial charge in [-0.1, -0.05) is 61.2 Å². The molecule has 30 heavy (non-hydrogen) atoms. The van der Waals surface area contributed by atoms with Crippen LogP contribution in [0.25, 0.3) is 11.1 Å². The van der Waals surface area contributed by atoms with Crippen molar-refractivity contribution >= 4 is 29.3 Å². The topological polar surface area (TPSA) is 69.6 Å². The molecule has 5 nitrogen and oxygen atoms in total. The lowest BCUT2D eigenvalue weighted by molar-refractivity contribution is -0.141. The number of urea groups is 1. The molecule has 1 heterocycles. The Morgan fingerprint density at radius 2 is 1.73 bits per heavy atom. The number of nitrogens with zero attached hydrogens (tertiary/aromatic N) is 1. The fraction of sp³-hybridized carbons (Fsp3) is 0.417. The zero-order valence-electron chi connectivity index (χ0n) is 16.9. The summed E-state index contributed by atoms with van der Waals surface area (Å²) in [7, 11) is 0. The quantitative estimate of drug-likeness (QED) is 0.617. The maximum atomic E-state index is 13.0. The molecule has 1 saturated carbocycles. The Morgan fingerprint density at radius 1 is 1.00 bits per heavy atom. The van der Waals surface area contributed by atoms with Crippen molar-refractivity contribution < 1.29 is 14.7 Å². The number of anilines is 1. The van der Waals surface area contributed by atoms with Crippen molar-refractivity contribution in [2.45, 2.75) is 56.9 Å². The maximum Gasteiger partial charge on any atom is 0.326 e. The summed E-state index contributed by atoms with van der Waals surface area (Å²) in [4.78, 5) is 26.0. The molecular formula is C24H27ClN2O3. The lowest BCUT2D eigenvalue weighted by atomic mass is 9.80. The predicted molar refractivity (Wildman–Crippen MR) is 119 cm³/mol. The van der Waals surface area contributed by atoms with Crippen LogP contribution in [0.2, 0.25) is 5.02 Å². The van der Waals surface area contributed by atoms with E-state index in [1.54, 1.807) is 6.07 Å². The highest BCUT2D eigenvalue weighted by Gasteiger charge is 2.34. The molecule has 0 aromatic heterocycles. The van der Waals surface area contributed by atoms with E-state index in [-0.39, 0.29) is 6.03 Å². The summed E-state index contributed by atoms with van der Waals surface area (Å²) < 4.78 is 0. The van der Waals surface area contributed by atoms with E-state index in [0.717, 1.165) is 24.0 Å². The molecule has 0 unspecified atom stereocenters. The van der Waals surface area contributed by atoms with Gasteiger partial charge in [0.25, 0.3) is 0 Å². The first-order valence-electron chi connectivity index (χ1n) is 10.7. The normalized spacial score (nSPS) is 19.6. The van der Waals surface area contributed by atoms with Crippen LogP contribution in [0, 0.1) is 0 Å². The van der Waals surface area contributed by atoms with Gasteiger partial charge < -0.3 is 15.3 Å². The summed E-state index contributed by atoms with van der Waals surface area (Å²) in [5.41, 5.74) is 3.84. The van der Waals surface area contributed by atoms with Gasteiger partial charge in [-0.05, 0) is 54.9 Å². The first-order chi connectivity index (χ1) is 14.5. The molecule has 2 fully saturated rings. The Bertz CT molecular complexity index is 926. The van der Waals surface area contributed by atoms with Crippen LogP contribution in [0.4, 0.5) is 10.5 Å². The highest BCUT2D eigenvalue weighted by atomic mass is 35.5. The number of rotatable bonds is 4. The Labute approximate surface area is 182 Å². The number of benzene rings is 2. The summed E-state index contributed by atoms with van der Waals surface area (Å²) in [5, 5.41) is 13.0. The fourth-order valence-electron chi connectivity index (χ4n) is 4.84. The van der Waals surface area contributed by atoms with E-state index < -0.39 is 12.0 Å². The van der Waals surface area contributed by atoms with E-state index >= 15 is 0 Å². The number of hydrogen-bond acceptors (Lipinski definition) is 2. The number of carbonyl (C=O) groups is 2. The van der Waals surface area contributed by atoms with Gasteiger partial charge in [-0.2, -0.15) is 0 Å². The van der Waals surface area contributed by atoms with Gasteiger partial charge in [-0.15, -0.1) is 0 Å². The third-order valence-corrected chi connectivity index (χ3v) is 6.50. The Kier molecular flexibility index (Phi) is 6.28. The number of hydrogen-bond donors (Lipinski definition) is 2. The van der Waals surface area contributed by atoms with Crippen molar-refractivity contribution in [2.24, 2.45) is 0 Å². The Hall–Kier alpha value is -2.53. The molecule has 6 heteroatoms. The second-order valence-corrected chi connectivity index (χ2v) is 8.67. The second kappa shape index (κ2) is 9.09. The van der Waals surface area contributed by atoms with E-state index in [9.17, 15) is 14.7 Å². The molecule has 2 amide bonds. The van der Waals surface area contributed by atoms with E-state index in [2.05, 4.69) is 5.32 Å². The van der Waals surface area contributed by atoms with Crippen molar-refractivity contribution in [3.05, 3.63) is 53.1 Å². The van der Waals surface area contributed by atoms with Crippen LogP contribution >= 0.6 is 11.6 Å². The van der Waals surface area contributed by atoms with Crippen molar-refractivity contribution in [1.82, 2.24) is 4.90 Å². The minimum atomic E-state index is -0.958. The number of carbonyl (C=O) groups excluding carboxylic acids is 1. The average Bonchev–Trinajstić information content (AvgIpc) is 3.25. The molecule has 1 aliphatic heterocycles. The Morgan fingerprint density at radius 3 is 2.43 bits per heavy atom. The van der Waals surface area contributed by atoms with Gasteiger partial charge >= 0.3 is 12.0 Å². The van der Waals surface area contributed by atoms with Gasteiger partial charge in [0.1, 0.15) is 6.04 Å². The second-order valence-electron chi connectivity index (χ2n) is 8.24. The van der Waals surface area contributed by atoms with Crippen molar-refractivity contribution in [1.29, 1.82) is 0 Å². The number of carboxylic acid groups (broad SMARTS) is 1. The first-order valence-corrected chi connectivity index (χ1v) is 11.1. The minimum absolute atomic E-state index is 0.381. The lowest BCUT2D eigenvalue weighted by Gasteiger charge is -2.28. The molecule has 0 radical (unpaired) electrons. The summed E-state index contributed by atoms with van der Waals surface area (Å²) in [6.45, 7) is 0.444. The number of halogens is 1. The molecule has 2 N–H and O–H groups in total. The van der Waals surface area contributed by atoms with Gasteiger partial charge in [0, 0.05) is 17.1 Å². The highest BCUT2D eigenvalue weighted by molar-refractivity contribution is 6.31. The summed E-state index contributed by atoms with van der Waals surface area (Å²) in [5.74, 6) is -0.554. The average molecular weight is 427 g/mol. The molecule has 1 saturated heterocycles. The first kappa shape index (κ1) is 20.7. The zero-order valence-corrected chi connectivity index (χ0v) is 17.7. The molecule has 0 spiro atoms. The monoisotopic (exact) mass is 426 g/mol. The zero-order chi connectivity index (χ0) is 21.1. The fourth-order valence-corrected chi connectivity index (χ4v) is 5.07. The smallest absolute Gasteiger partial charge is 0.326 e. The van der Waals surface area contributed by atoms with Gasteiger partial charge in [0.2, 0.25) is 0 Å². The minimum Gasteiger partial charge on any atom is -0.480 e. The van der Waals surface area contributed by atoms with Crippen molar-refractivity contribution in [3.63, 3.8) is 0 Å². The van der Waals surface area contributed by atoms with Gasteiger partial charge in [-0.3, -0.25) is 0 Å². The van der Waals surface area contributed by atoms with E-state index in [1.165, 1.54) is 29.7 Å². The van der Waals surface area contributed by atoms with Crippen LogP contribution in [0.1, 0.15) is 56.4 Å². The summed E-state index contributed by atoms with van der Waals surface area (Å²) >= 11 is 6.49. The van der Waals surface area contributed by atoms with Crippen LogP contribution in [0.5, 0.6) is 0 Å². The van der Waals surface area contributed by atoms with Crippen molar-refractivity contribution in [2.75, 3.05) is 11.9 Å². The van der Waals surface area contributed by atoms with E-state index in [4.69, 9.17) is 11.6 Å². The third kappa shape index (κ3) is 4.31. The molecule has 0 bridgehead atoms. The van der Waals surface area contributed by atoms with Crippen LogP contribution in [0.3, 0.4) is 0 Å². The number of aliphatic carboxylic acids is 1. The number of carboxylic acids is 1. The highest BCUT2D eigenvalue weighted by Crippen LogP contribution is 2.43. The molecule has 4 rings (SSSR count). The SMILES string of the molecule is O=C(O)[C@H]1CCCN1C(=O)Nc1cc(Cl)cc(C2CCCCC2)c1-c1ccccc1. The molecular weight excluding hydrogens is 400 g/mol. The number of nitrogens with one attached hydrogen (secondary N) is 1. The Balaban J connectivity index is 1.74. The predicted octanol–water partition coefficient (Wildman–Crippen LogP) is 6.14. The number of likely N-dealkylation sites (tertiary alicyclic amines) is 1. The van der Waals surface area contributed by atoms with Gasteiger partial charge in [-0.25, -0.2) is 9.59 Å². The van der Waals surface area contributed by atoms with Gasteiger partial charge in [0.15, 0.2) is 0 Å². The lowest BCUT2D eigenvalue weighted by Crippen LogP contribution is -2.42. The number of amides is 2. The van der Waals surface area contributed by atoms with Gasteiger partial charge in [0.05, 0.1) is 5.69 Å². The van der Waals surface area contributed by atoms with E-state index in [1.807, 2.05) is 36.4 Å². The van der Waals surface area contributed by atoms with Crippen LogP contribution in [0.15, 0.2) is 42.5 Å². The molecule has 2 aromatic carbocycles. The summed E-state index contributed by atoms with van der Waals surface area (Å²) in [6, 6.07) is 12.7.